The smallest absolute Gasteiger partial charge is 0.222 e. The summed E-state index contributed by atoms with van der Waals surface area (Å²) in [6, 6.07) is 10.8. The van der Waals surface area contributed by atoms with Crippen molar-refractivity contribution in [3.05, 3.63) is 35.9 Å². The average molecular weight is 276 g/mol. The summed E-state index contributed by atoms with van der Waals surface area (Å²) in [6.45, 7) is 4.18. The van der Waals surface area contributed by atoms with Gasteiger partial charge in [-0.1, -0.05) is 30.3 Å². The number of rotatable bonds is 6. The number of hydrogen-bond donors (Lipinski definition) is 2. The predicted molar refractivity (Wildman–Crippen MR) is 79.3 cm³/mol. The molecule has 4 nitrogen and oxygen atoms in total. The Hall–Kier alpha value is -1.39. The molecular formula is C16H24N2O2. The van der Waals surface area contributed by atoms with Gasteiger partial charge in [0.1, 0.15) is 0 Å². The van der Waals surface area contributed by atoms with Gasteiger partial charge in [-0.2, -0.15) is 0 Å². The summed E-state index contributed by atoms with van der Waals surface area (Å²) in [6.07, 6.45) is 2.46. The summed E-state index contributed by atoms with van der Waals surface area (Å²) in [5.41, 5.74) is 1.14. The van der Waals surface area contributed by atoms with Crippen LogP contribution in [0, 0.1) is 0 Å². The summed E-state index contributed by atoms with van der Waals surface area (Å²) in [5.74, 6) is 0.0946. The zero-order chi connectivity index (χ0) is 14.2. The summed E-state index contributed by atoms with van der Waals surface area (Å²) >= 11 is 0. The monoisotopic (exact) mass is 276 g/mol. The Morgan fingerprint density at radius 1 is 1.40 bits per heavy atom. The molecule has 1 fully saturated rings. The molecule has 2 unspecified atom stereocenters. The second kappa shape index (κ2) is 8.02. The van der Waals surface area contributed by atoms with Crippen LogP contribution in [0.15, 0.2) is 30.3 Å². The molecule has 2 N–H and O–H groups in total. The van der Waals surface area contributed by atoms with Gasteiger partial charge in [0.25, 0.3) is 0 Å². The van der Waals surface area contributed by atoms with E-state index in [9.17, 15) is 4.79 Å². The molecule has 0 aromatic heterocycles. The van der Waals surface area contributed by atoms with Crippen LogP contribution in [0.25, 0.3) is 0 Å². The van der Waals surface area contributed by atoms with Crippen LogP contribution in [-0.2, 0) is 16.1 Å². The normalized spacial score (nSPS) is 22.4. The summed E-state index contributed by atoms with van der Waals surface area (Å²) in [5, 5.41) is 6.47. The third-order valence-electron chi connectivity index (χ3n) is 3.57. The molecule has 20 heavy (non-hydrogen) atoms. The lowest BCUT2D eigenvalue weighted by Gasteiger charge is -2.28. The van der Waals surface area contributed by atoms with Gasteiger partial charge in [-0.25, -0.2) is 0 Å². The molecular weight excluding hydrogens is 252 g/mol. The Balaban J connectivity index is 1.58. The number of amides is 1. The second-order valence-corrected chi connectivity index (χ2v) is 5.43. The second-order valence-electron chi connectivity index (χ2n) is 5.43. The highest BCUT2D eigenvalue weighted by Crippen LogP contribution is 2.08. The molecule has 2 atom stereocenters. The summed E-state index contributed by atoms with van der Waals surface area (Å²) in [4.78, 5) is 11.8. The van der Waals surface area contributed by atoms with Gasteiger partial charge < -0.3 is 15.4 Å². The number of ether oxygens (including phenoxy) is 1. The van der Waals surface area contributed by atoms with Crippen LogP contribution >= 0.6 is 0 Å². The topological polar surface area (TPSA) is 50.4 Å². The number of carbonyl (C=O) groups is 1. The van der Waals surface area contributed by atoms with Gasteiger partial charge in [0, 0.05) is 18.5 Å². The van der Waals surface area contributed by atoms with E-state index in [1.54, 1.807) is 0 Å². The number of carbonyl (C=O) groups excluding carboxylic acids is 1. The van der Waals surface area contributed by atoms with Gasteiger partial charge in [0.15, 0.2) is 0 Å². The lowest BCUT2D eigenvalue weighted by molar-refractivity contribution is -0.123. The molecule has 0 spiro atoms. The molecule has 0 aliphatic carbocycles. The fraction of sp³-hybridized carbons (Fsp3) is 0.562. The van der Waals surface area contributed by atoms with Crippen LogP contribution in [0.3, 0.4) is 0 Å². The highest BCUT2D eigenvalue weighted by atomic mass is 16.5. The van der Waals surface area contributed by atoms with Crippen LogP contribution in [0.2, 0.25) is 0 Å². The van der Waals surface area contributed by atoms with E-state index in [4.69, 9.17) is 4.74 Å². The van der Waals surface area contributed by atoms with Crippen LogP contribution in [0.5, 0.6) is 0 Å². The maximum atomic E-state index is 11.8. The molecule has 0 bridgehead atoms. The average Bonchev–Trinajstić information content (AvgIpc) is 2.45. The first-order valence-electron chi connectivity index (χ1n) is 7.38. The van der Waals surface area contributed by atoms with Crippen molar-refractivity contribution < 1.29 is 9.53 Å². The number of benzene rings is 1. The van der Waals surface area contributed by atoms with E-state index in [-0.39, 0.29) is 5.91 Å². The molecule has 1 heterocycles. The van der Waals surface area contributed by atoms with Crippen molar-refractivity contribution >= 4 is 5.91 Å². The van der Waals surface area contributed by atoms with Crippen LogP contribution in [0.4, 0.5) is 0 Å². The standard InChI is InChI=1S/C16H24N2O2/c1-13-11-15(7-9-17-13)18-16(19)8-10-20-12-14-5-3-2-4-6-14/h2-6,13,15,17H,7-12H2,1H3,(H,18,19). The minimum absolute atomic E-state index is 0.0946. The zero-order valence-electron chi connectivity index (χ0n) is 12.1. The molecule has 1 amide bonds. The van der Waals surface area contributed by atoms with E-state index in [2.05, 4.69) is 17.6 Å². The minimum Gasteiger partial charge on any atom is -0.376 e. The third-order valence-corrected chi connectivity index (χ3v) is 3.57. The van der Waals surface area contributed by atoms with Crippen molar-refractivity contribution in [1.82, 2.24) is 10.6 Å². The molecule has 2 rings (SSSR count). The van der Waals surface area contributed by atoms with Gasteiger partial charge in [-0.15, -0.1) is 0 Å². The first kappa shape index (κ1) is 15.0. The van der Waals surface area contributed by atoms with Gasteiger partial charge in [0.05, 0.1) is 13.2 Å². The Morgan fingerprint density at radius 3 is 2.95 bits per heavy atom. The molecule has 1 aliphatic heterocycles. The SMILES string of the molecule is CC1CC(NC(=O)CCOCc2ccccc2)CCN1. The van der Waals surface area contributed by atoms with Crippen LogP contribution < -0.4 is 10.6 Å². The van der Waals surface area contributed by atoms with Crippen molar-refractivity contribution in [2.45, 2.75) is 44.9 Å². The van der Waals surface area contributed by atoms with Crippen molar-refractivity contribution in [3.63, 3.8) is 0 Å². The Labute approximate surface area is 120 Å². The van der Waals surface area contributed by atoms with Crippen LogP contribution in [-0.4, -0.2) is 31.1 Å². The lowest BCUT2D eigenvalue weighted by Crippen LogP contribution is -2.46. The third kappa shape index (κ3) is 5.31. The minimum atomic E-state index is 0.0946. The maximum Gasteiger partial charge on any atom is 0.222 e. The number of piperidine rings is 1. The van der Waals surface area contributed by atoms with E-state index < -0.39 is 0 Å². The van der Waals surface area contributed by atoms with E-state index >= 15 is 0 Å². The van der Waals surface area contributed by atoms with E-state index in [0.29, 0.717) is 31.7 Å². The molecule has 4 heteroatoms. The first-order valence-corrected chi connectivity index (χ1v) is 7.38. The number of nitrogens with one attached hydrogen (secondary N) is 2. The Morgan fingerprint density at radius 2 is 2.20 bits per heavy atom. The molecule has 1 aromatic carbocycles. The van der Waals surface area contributed by atoms with Crippen molar-refractivity contribution in [1.29, 1.82) is 0 Å². The summed E-state index contributed by atoms with van der Waals surface area (Å²) in [7, 11) is 0. The van der Waals surface area contributed by atoms with E-state index in [0.717, 1.165) is 24.9 Å². The van der Waals surface area contributed by atoms with Crippen molar-refractivity contribution in [2.24, 2.45) is 0 Å². The maximum absolute atomic E-state index is 11.8. The largest absolute Gasteiger partial charge is 0.376 e. The number of hydrogen-bond acceptors (Lipinski definition) is 3. The molecule has 0 saturated carbocycles. The van der Waals surface area contributed by atoms with E-state index in [1.807, 2.05) is 30.3 Å². The zero-order valence-corrected chi connectivity index (χ0v) is 12.1. The first-order chi connectivity index (χ1) is 9.74. The summed E-state index contributed by atoms with van der Waals surface area (Å²) < 4.78 is 5.53. The molecule has 110 valence electrons. The Kier molecular flexibility index (Phi) is 6.02. The predicted octanol–water partition coefficient (Wildman–Crippen LogP) is 1.85. The van der Waals surface area contributed by atoms with E-state index in [1.165, 1.54) is 0 Å². The highest BCUT2D eigenvalue weighted by Gasteiger charge is 2.19. The van der Waals surface area contributed by atoms with Gasteiger partial charge in [0.2, 0.25) is 5.91 Å². The molecule has 1 aromatic rings. The Bertz CT molecular complexity index is 408. The fourth-order valence-electron chi connectivity index (χ4n) is 2.49. The highest BCUT2D eigenvalue weighted by molar-refractivity contribution is 5.76. The van der Waals surface area contributed by atoms with Crippen molar-refractivity contribution in [2.75, 3.05) is 13.2 Å². The van der Waals surface area contributed by atoms with Crippen molar-refractivity contribution in [3.8, 4) is 0 Å². The molecule has 0 radical (unpaired) electrons. The molecule has 1 aliphatic rings. The van der Waals surface area contributed by atoms with Gasteiger partial charge in [-0.05, 0) is 31.9 Å². The molecule has 1 saturated heterocycles. The van der Waals surface area contributed by atoms with Gasteiger partial charge >= 0.3 is 0 Å². The fourth-order valence-corrected chi connectivity index (χ4v) is 2.49. The quantitative estimate of drug-likeness (QED) is 0.780. The van der Waals surface area contributed by atoms with Crippen LogP contribution in [0.1, 0.15) is 31.7 Å². The lowest BCUT2D eigenvalue weighted by atomic mass is 10.0. The van der Waals surface area contributed by atoms with Gasteiger partial charge in [-0.3, -0.25) is 4.79 Å².